The number of rotatable bonds is 1. The molecule has 2 bridgehead atoms. The Bertz CT molecular complexity index is 287. The van der Waals surface area contributed by atoms with Crippen molar-refractivity contribution in [2.75, 3.05) is 19.3 Å². The monoisotopic (exact) mass is 205 g/mol. The second-order valence-electron chi connectivity index (χ2n) is 4.17. The van der Waals surface area contributed by atoms with Gasteiger partial charge in [0.2, 0.25) is 10.0 Å². The summed E-state index contributed by atoms with van der Waals surface area (Å²) >= 11 is 0. The fourth-order valence-corrected chi connectivity index (χ4v) is 3.35. The first-order chi connectivity index (χ1) is 5.98. The zero-order valence-electron chi connectivity index (χ0n) is 7.68. The van der Waals surface area contributed by atoms with Gasteiger partial charge in [-0.25, -0.2) is 12.7 Å². The van der Waals surface area contributed by atoms with E-state index < -0.39 is 10.0 Å². The molecule has 3 atom stereocenters. The molecule has 0 amide bonds. The molecule has 0 aromatic carbocycles. The Kier molecular flexibility index (Phi) is 2.13. The molecule has 5 heteroatoms. The third-order valence-corrected chi connectivity index (χ3v) is 4.46. The fourth-order valence-electron chi connectivity index (χ4n) is 2.42. The molecule has 0 aromatic rings. The second-order valence-corrected chi connectivity index (χ2v) is 6.15. The number of piperidine rings is 1. The lowest BCUT2D eigenvalue weighted by Crippen LogP contribution is -2.46. The number of hydrogen-bond donors (Lipinski definition) is 1. The van der Waals surface area contributed by atoms with Crippen LogP contribution in [0.25, 0.3) is 0 Å². The Morgan fingerprint density at radius 1 is 1.23 bits per heavy atom. The van der Waals surface area contributed by atoms with Crippen molar-refractivity contribution in [2.24, 2.45) is 11.8 Å². The minimum absolute atomic E-state index is 0.175. The highest BCUT2D eigenvalue weighted by Crippen LogP contribution is 2.37. The standard InChI is InChI=1S/C8H15NO3S/c1-13(11,12)9-4-6-2-3-7(5-9)8(6)10/h6-8,10H,2-5H2,1H3/t6-,7+,8?. The van der Waals surface area contributed by atoms with Crippen LogP contribution in [0.2, 0.25) is 0 Å². The third-order valence-electron chi connectivity index (χ3n) is 3.22. The van der Waals surface area contributed by atoms with E-state index in [1.54, 1.807) is 0 Å². The van der Waals surface area contributed by atoms with Gasteiger partial charge in [0.1, 0.15) is 0 Å². The van der Waals surface area contributed by atoms with Crippen molar-refractivity contribution in [1.82, 2.24) is 4.31 Å². The number of sulfonamides is 1. The summed E-state index contributed by atoms with van der Waals surface area (Å²) in [6.07, 6.45) is 2.91. The third kappa shape index (κ3) is 1.60. The Morgan fingerprint density at radius 3 is 2.08 bits per heavy atom. The van der Waals surface area contributed by atoms with Crippen LogP contribution in [0.4, 0.5) is 0 Å². The largest absolute Gasteiger partial charge is 0.392 e. The summed E-state index contributed by atoms with van der Waals surface area (Å²) in [5.41, 5.74) is 0. The Morgan fingerprint density at radius 2 is 1.69 bits per heavy atom. The highest BCUT2D eigenvalue weighted by atomic mass is 32.2. The van der Waals surface area contributed by atoms with Gasteiger partial charge in [-0.15, -0.1) is 0 Å². The van der Waals surface area contributed by atoms with E-state index in [0.29, 0.717) is 13.1 Å². The van der Waals surface area contributed by atoms with Gasteiger partial charge in [-0.3, -0.25) is 0 Å². The van der Waals surface area contributed by atoms with Gasteiger partial charge in [0, 0.05) is 13.1 Å². The summed E-state index contributed by atoms with van der Waals surface area (Å²) in [4.78, 5) is 0. The van der Waals surface area contributed by atoms with Crippen molar-refractivity contribution in [1.29, 1.82) is 0 Å². The highest BCUT2D eigenvalue weighted by Gasteiger charge is 2.43. The maximum Gasteiger partial charge on any atom is 0.211 e. The molecule has 13 heavy (non-hydrogen) atoms. The summed E-state index contributed by atoms with van der Waals surface area (Å²) < 4.78 is 24.0. The molecular formula is C8H15NO3S. The molecule has 2 rings (SSSR count). The molecule has 1 N–H and O–H groups in total. The van der Waals surface area contributed by atoms with Gasteiger partial charge in [0.15, 0.2) is 0 Å². The van der Waals surface area contributed by atoms with E-state index in [2.05, 4.69) is 0 Å². The van der Waals surface area contributed by atoms with Crippen LogP contribution < -0.4 is 0 Å². The average molecular weight is 205 g/mol. The summed E-state index contributed by atoms with van der Waals surface area (Å²) in [6, 6.07) is 0. The smallest absolute Gasteiger partial charge is 0.211 e. The number of hydrogen-bond acceptors (Lipinski definition) is 3. The lowest BCUT2D eigenvalue weighted by Gasteiger charge is -2.33. The molecule has 0 spiro atoms. The van der Waals surface area contributed by atoms with Gasteiger partial charge < -0.3 is 5.11 Å². The van der Waals surface area contributed by atoms with Gasteiger partial charge in [-0.05, 0) is 24.7 Å². The topological polar surface area (TPSA) is 57.6 Å². The van der Waals surface area contributed by atoms with E-state index in [9.17, 15) is 13.5 Å². The molecule has 1 aliphatic heterocycles. The first-order valence-corrected chi connectivity index (χ1v) is 6.46. The SMILES string of the molecule is CS(=O)(=O)N1C[C@H]2CC[C@@H](C1)C2O. The van der Waals surface area contributed by atoms with Gasteiger partial charge in [-0.2, -0.15) is 0 Å². The molecule has 2 fully saturated rings. The molecule has 0 aromatic heterocycles. The molecule has 1 heterocycles. The van der Waals surface area contributed by atoms with E-state index in [-0.39, 0.29) is 17.9 Å². The first-order valence-electron chi connectivity index (χ1n) is 4.61. The number of aliphatic hydroxyl groups is 1. The minimum atomic E-state index is -3.05. The lowest BCUT2D eigenvalue weighted by molar-refractivity contribution is 0.0443. The number of nitrogens with zero attached hydrogens (tertiary/aromatic N) is 1. The van der Waals surface area contributed by atoms with Crippen LogP contribution in [0.1, 0.15) is 12.8 Å². The summed E-state index contributed by atoms with van der Waals surface area (Å²) in [5, 5.41) is 9.67. The molecule has 1 saturated carbocycles. The van der Waals surface area contributed by atoms with E-state index >= 15 is 0 Å². The van der Waals surface area contributed by atoms with Crippen molar-refractivity contribution in [3.8, 4) is 0 Å². The van der Waals surface area contributed by atoms with Crippen molar-refractivity contribution >= 4 is 10.0 Å². The van der Waals surface area contributed by atoms with Gasteiger partial charge in [0.25, 0.3) is 0 Å². The van der Waals surface area contributed by atoms with E-state index in [0.717, 1.165) is 12.8 Å². The normalized spacial score (nSPS) is 40.9. The van der Waals surface area contributed by atoms with Crippen molar-refractivity contribution < 1.29 is 13.5 Å². The second kappa shape index (κ2) is 2.93. The number of aliphatic hydroxyl groups excluding tert-OH is 1. The maximum absolute atomic E-state index is 11.3. The molecule has 1 saturated heterocycles. The lowest BCUT2D eigenvalue weighted by atomic mass is 9.97. The molecule has 4 nitrogen and oxygen atoms in total. The van der Waals surface area contributed by atoms with Crippen LogP contribution in [0.5, 0.6) is 0 Å². The molecule has 1 aliphatic carbocycles. The average Bonchev–Trinajstić information content (AvgIpc) is 2.29. The van der Waals surface area contributed by atoms with E-state index in [4.69, 9.17) is 0 Å². The minimum Gasteiger partial charge on any atom is -0.392 e. The van der Waals surface area contributed by atoms with Gasteiger partial charge in [-0.1, -0.05) is 0 Å². The molecular weight excluding hydrogens is 190 g/mol. The Balaban J connectivity index is 2.16. The number of fused-ring (bicyclic) bond motifs is 2. The quantitative estimate of drug-likeness (QED) is 0.636. The molecule has 2 aliphatic rings. The van der Waals surface area contributed by atoms with Crippen LogP contribution in [-0.2, 0) is 10.0 Å². The summed E-state index contributed by atoms with van der Waals surface area (Å²) in [6.45, 7) is 1.02. The Hall–Kier alpha value is -0.130. The predicted molar refractivity (Wildman–Crippen MR) is 48.6 cm³/mol. The van der Waals surface area contributed by atoms with Crippen molar-refractivity contribution in [3.63, 3.8) is 0 Å². The molecule has 1 unspecified atom stereocenters. The van der Waals surface area contributed by atoms with Gasteiger partial charge >= 0.3 is 0 Å². The highest BCUT2D eigenvalue weighted by molar-refractivity contribution is 7.88. The molecule has 0 radical (unpaired) electrons. The Labute approximate surface area is 78.6 Å². The summed E-state index contributed by atoms with van der Waals surface area (Å²) in [5.74, 6) is 0.349. The van der Waals surface area contributed by atoms with E-state index in [1.807, 2.05) is 0 Å². The maximum atomic E-state index is 11.3. The van der Waals surface area contributed by atoms with Gasteiger partial charge in [0.05, 0.1) is 12.4 Å². The van der Waals surface area contributed by atoms with Crippen molar-refractivity contribution in [3.05, 3.63) is 0 Å². The van der Waals surface area contributed by atoms with Crippen LogP contribution in [0.15, 0.2) is 0 Å². The first kappa shape index (κ1) is 9.43. The molecule has 76 valence electrons. The summed E-state index contributed by atoms with van der Waals surface area (Å²) in [7, 11) is -3.05. The van der Waals surface area contributed by atoms with Crippen LogP contribution in [0, 0.1) is 11.8 Å². The van der Waals surface area contributed by atoms with Crippen LogP contribution in [0.3, 0.4) is 0 Å². The zero-order chi connectivity index (χ0) is 9.64. The van der Waals surface area contributed by atoms with Crippen molar-refractivity contribution in [2.45, 2.75) is 18.9 Å². The fraction of sp³-hybridized carbons (Fsp3) is 1.00. The van der Waals surface area contributed by atoms with E-state index in [1.165, 1.54) is 10.6 Å². The zero-order valence-corrected chi connectivity index (χ0v) is 8.50. The van der Waals surface area contributed by atoms with Crippen LogP contribution >= 0.6 is 0 Å². The predicted octanol–water partition coefficient (Wildman–Crippen LogP) is -0.351. The van der Waals surface area contributed by atoms with Crippen LogP contribution in [-0.4, -0.2) is 43.3 Å².